The minimum Gasteiger partial charge on any atom is -0.374 e. The van der Waals surface area contributed by atoms with Gasteiger partial charge in [0.15, 0.2) is 0 Å². The summed E-state index contributed by atoms with van der Waals surface area (Å²) in [5.74, 6) is -0.450. The zero-order valence-electron chi connectivity index (χ0n) is 11.3. The van der Waals surface area contributed by atoms with Gasteiger partial charge in [0, 0.05) is 12.1 Å². The summed E-state index contributed by atoms with van der Waals surface area (Å²) >= 11 is 0. The van der Waals surface area contributed by atoms with Gasteiger partial charge in [-0.3, -0.25) is 4.79 Å². The van der Waals surface area contributed by atoms with Crippen LogP contribution in [0.15, 0.2) is 23.1 Å². The summed E-state index contributed by atoms with van der Waals surface area (Å²) in [7, 11) is -3.82. The highest BCUT2D eigenvalue weighted by molar-refractivity contribution is 7.89. The van der Waals surface area contributed by atoms with Crippen molar-refractivity contribution in [2.24, 2.45) is 5.14 Å². The molecule has 0 unspecified atom stereocenters. The Bertz CT molecular complexity index is 605. The first kappa shape index (κ1) is 17.5. The van der Waals surface area contributed by atoms with E-state index in [2.05, 4.69) is 10.1 Å². The number of halogens is 2. The summed E-state index contributed by atoms with van der Waals surface area (Å²) in [6, 6.07) is 3.85. The first-order valence-corrected chi connectivity index (χ1v) is 7.54. The normalized spacial score (nSPS) is 11.7. The van der Waals surface area contributed by atoms with E-state index in [9.17, 15) is 22.0 Å². The molecule has 1 aromatic rings. The Hall–Kier alpha value is -1.58. The molecule has 118 valence electrons. The van der Waals surface area contributed by atoms with Crippen LogP contribution >= 0.6 is 0 Å². The molecule has 0 radical (unpaired) electrons. The predicted octanol–water partition coefficient (Wildman–Crippen LogP) is 0.654. The van der Waals surface area contributed by atoms with Crippen molar-refractivity contribution < 1.29 is 26.7 Å². The van der Waals surface area contributed by atoms with E-state index in [1.165, 1.54) is 18.2 Å². The molecule has 0 aliphatic carbocycles. The van der Waals surface area contributed by atoms with Crippen molar-refractivity contribution >= 4 is 15.9 Å². The molecule has 0 aliphatic heterocycles. The lowest BCUT2D eigenvalue weighted by Gasteiger charge is -2.09. The predicted molar refractivity (Wildman–Crippen MR) is 71.7 cm³/mol. The average molecular weight is 322 g/mol. The first-order chi connectivity index (χ1) is 9.71. The third-order valence-electron chi connectivity index (χ3n) is 2.55. The Morgan fingerprint density at radius 3 is 2.62 bits per heavy atom. The van der Waals surface area contributed by atoms with Crippen molar-refractivity contribution in [1.82, 2.24) is 5.32 Å². The second kappa shape index (κ2) is 7.43. The molecule has 0 atom stereocenters. The quantitative estimate of drug-likeness (QED) is 0.720. The highest BCUT2D eigenvalue weighted by Crippen LogP contribution is 2.14. The van der Waals surface area contributed by atoms with E-state index in [0.717, 1.165) is 0 Å². The number of amides is 1. The molecule has 0 bridgehead atoms. The molecule has 0 aliphatic rings. The van der Waals surface area contributed by atoms with Gasteiger partial charge in [0.2, 0.25) is 10.0 Å². The number of nitrogens with one attached hydrogen (secondary N) is 1. The summed E-state index contributed by atoms with van der Waals surface area (Å²) in [5.41, 5.74) is 0.712. The van der Waals surface area contributed by atoms with Crippen LogP contribution in [0.25, 0.3) is 0 Å². The van der Waals surface area contributed by atoms with Crippen molar-refractivity contribution in [3.8, 4) is 0 Å². The van der Waals surface area contributed by atoms with Gasteiger partial charge in [-0.2, -0.15) is 0 Å². The largest absolute Gasteiger partial charge is 0.374 e. The van der Waals surface area contributed by atoms with Crippen LogP contribution in [0.2, 0.25) is 0 Å². The number of rotatable bonds is 7. The molecule has 3 N–H and O–H groups in total. The number of aryl methyl sites for hydroxylation is 1. The Labute approximate surface area is 121 Å². The third kappa shape index (κ3) is 5.74. The van der Waals surface area contributed by atoms with E-state index in [4.69, 9.17) is 5.14 Å². The van der Waals surface area contributed by atoms with Gasteiger partial charge in [0.25, 0.3) is 12.3 Å². The lowest BCUT2D eigenvalue weighted by molar-refractivity contribution is 0.0188. The molecule has 0 saturated heterocycles. The second-order valence-corrected chi connectivity index (χ2v) is 5.81. The summed E-state index contributed by atoms with van der Waals surface area (Å²) < 4.78 is 50.5. The maximum absolute atomic E-state index is 11.8. The molecule has 1 aromatic carbocycles. The van der Waals surface area contributed by atoms with E-state index in [0.29, 0.717) is 5.56 Å². The third-order valence-corrected chi connectivity index (χ3v) is 3.46. The van der Waals surface area contributed by atoms with Crippen LogP contribution in [0, 0.1) is 6.92 Å². The number of hydrogen-bond donors (Lipinski definition) is 2. The molecule has 21 heavy (non-hydrogen) atoms. The van der Waals surface area contributed by atoms with Gasteiger partial charge < -0.3 is 10.1 Å². The molecule has 0 heterocycles. The van der Waals surface area contributed by atoms with Crippen molar-refractivity contribution in [2.75, 3.05) is 19.8 Å². The number of carbonyl (C=O) groups is 1. The van der Waals surface area contributed by atoms with E-state index in [1.807, 2.05) is 0 Å². The van der Waals surface area contributed by atoms with Crippen LogP contribution in [0.5, 0.6) is 0 Å². The Balaban J connectivity index is 2.59. The monoisotopic (exact) mass is 322 g/mol. The molecule has 0 spiro atoms. The standard InChI is InChI=1S/C12H16F2N2O4S/c1-8-6-9(21(15,18)19)2-3-10(8)12(17)16-4-5-20-7-11(13)14/h2-3,6,11H,4-5,7H2,1H3,(H,16,17)(H2,15,18,19). The number of ether oxygens (including phenoxy) is 1. The van der Waals surface area contributed by atoms with Gasteiger partial charge in [-0.25, -0.2) is 22.3 Å². The lowest BCUT2D eigenvalue weighted by Crippen LogP contribution is -2.28. The van der Waals surface area contributed by atoms with Gasteiger partial charge >= 0.3 is 0 Å². The van der Waals surface area contributed by atoms with Crippen LogP contribution in [-0.2, 0) is 14.8 Å². The van der Waals surface area contributed by atoms with Crippen LogP contribution < -0.4 is 10.5 Å². The van der Waals surface area contributed by atoms with Gasteiger partial charge in [-0.1, -0.05) is 0 Å². The Morgan fingerprint density at radius 2 is 2.10 bits per heavy atom. The number of benzene rings is 1. The van der Waals surface area contributed by atoms with Crippen molar-refractivity contribution in [3.63, 3.8) is 0 Å². The fraction of sp³-hybridized carbons (Fsp3) is 0.417. The Morgan fingerprint density at radius 1 is 1.43 bits per heavy atom. The number of sulfonamides is 1. The Kier molecular flexibility index (Phi) is 6.19. The van der Waals surface area contributed by atoms with Crippen LogP contribution in [0.4, 0.5) is 8.78 Å². The molecule has 0 aromatic heterocycles. The average Bonchev–Trinajstić information content (AvgIpc) is 2.36. The number of primary sulfonamides is 1. The van der Waals surface area contributed by atoms with E-state index >= 15 is 0 Å². The maximum atomic E-state index is 11.8. The highest BCUT2D eigenvalue weighted by Gasteiger charge is 2.13. The second-order valence-electron chi connectivity index (χ2n) is 4.24. The minimum absolute atomic E-state index is 0.0373. The summed E-state index contributed by atoms with van der Waals surface area (Å²) in [4.78, 5) is 11.7. The molecule has 6 nitrogen and oxygen atoms in total. The van der Waals surface area contributed by atoms with Crippen LogP contribution in [-0.4, -0.2) is 40.5 Å². The molecule has 1 amide bonds. The molecular weight excluding hydrogens is 306 g/mol. The maximum Gasteiger partial charge on any atom is 0.261 e. The number of carbonyl (C=O) groups excluding carboxylic acids is 1. The SMILES string of the molecule is Cc1cc(S(N)(=O)=O)ccc1C(=O)NCCOCC(F)F. The van der Waals surface area contributed by atoms with E-state index < -0.39 is 29.0 Å². The van der Waals surface area contributed by atoms with Crippen LogP contribution in [0.1, 0.15) is 15.9 Å². The zero-order valence-corrected chi connectivity index (χ0v) is 12.1. The summed E-state index contributed by atoms with van der Waals surface area (Å²) in [6.07, 6.45) is -2.55. The molecule has 9 heteroatoms. The highest BCUT2D eigenvalue weighted by atomic mass is 32.2. The molecule has 0 fully saturated rings. The van der Waals surface area contributed by atoms with Crippen molar-refractivity contribution in [2.45, 2.75) is 18.2 Å². The van der Waals surface area contributed by atoms with Crippen LogP contribution in [0.3, 0.4) is 0 Å². The van der Waals surface area contributed by atoms with E-state index in [1.54, 1.807) is 6.92 Å². The first-order valence-electron chi connectivity index (χ1n) is 5.99. The van der Waals surface area contributed by atoms with E-state index in [-0.39, 0.29) is 23.6 Å². The van der Waals surface area contributed by atoms with Gasteiger partial charge in [0.1, 0.15) is 6.61 Å². The fourth-order valence-electron chi connectivity index (χ4n) is 1.57. The van der Waals surface area contributed by atoms with Crippen molar-refractivity contribution in [1.29, 1.82) is 0 Å². The number of alkyl halides is 2. The fourth-order valence-corrected chi connectivity index (χ4v) is 2.17. The topological polar surface area (TPSA) is 98.5 Å². The molecule has 0 saturated carbocycles. The van der Waals surface area contributed by atoms with Crippen molar-refractivity contribution in [3.05, 3.63) is 29.3 Å². The number of hydrogen-bond acceptors (Lipinski definition) is 4. The number of nitrogens with two attached hydrogens (primary N) is 1. The smallest absolute Gasteiger partial charge is 0.261 e. The zero-order chi connectivity index (χ0) is 16.0. The molecule has 1 rings (SSSR count). The van der Waals surface area contributed by atoms with Gasteiger partial charge in [-0.15, -0.1) is 0 Å². The lowest BCUT2D eigenvalue weighted by atomic mass is 10.1. The summed E-state index contributed by atoms with van der Waals surface area (Å²) in [6.45, 7) is 0.918. The minimum atomic E-state index is -3.82. The van der Waals surface area contributed by atoms with Gasteiger partial charge in [-0.05, 0) is 30.7 Å². The summed E-state index contributed by atoms with van der Waals surface area (Å²) in [5, 5.41) is 7.47. The molecular formula is C12H16F2N2O4S. The van der Waals surface area contributed by atoms with Gasteiger partial charge in [0.05, 0.1) is 11.5 Å².